The number of carboxylic acid groups (broad SMARTS) is 1. The highest BCUT2D eigenvalue weighted by Crippen LogP contribution is 2.68. The van der Waals surface area contributed by atoms with Gasteiger partial charge in [-0.2, -0.15) is 0 Å². The van der Waals surface area contributed by atoms with Crippen molar-refractivity contribution >= 4 is 5.97 Å². The zero-order valence-corrected chi connectivity index (χ0v) is 7.55. The first-order valence-corrected chi connectivity index (χ1v) is 4.95. The maximum absolute atomic E-state index is 10.9. The van der Waals surface area contributed by atoms with Crippen molar-refractivity contribution in [2.45, 2.75) is 39.0 Å². The van der Waals surface area contributed by atoms with E-state index in [-0.39, 0.29) is 11.3 Å². The Bertz CT molecular complexity index is 212. The average molecular weight is 168 g/mol. The smallest absolute Gasteiger partial charge is 0.307 e. The van der Waals surface area contributed by atoms with E-state index in [0.29, 0.717) is 5.92 Å². The maximum atomic E-state index is 10.9. The van der Waals surface area contributed by atoms with Crippen LogP contribution in [0.3, 0.4) is 0 Å². The third kappa shape index (κ3) is 0.838. The van der Waals surface area contributed by atoms with Crippen LogP contribution in [0.4, 0.5) is 0 Å². The first-order valence-electron chi connectivity index (χ1n) is 4.95. The predicted octanol–water partition coefficient (Wildman–Crippen LogP) is 2.29. The minimum Gasteiger partial charge on any atom is -0.481 e. The van der Waals surface area contributed by atoms with Crippen molar-refractivity contribution in [3.63, 3.8) is 0 Å². The molecule has 68 valence electrons. The second-order valence-electron chi connectivity index (χ2n) is 4.25. The van der Waals surface area contributed by atoms with Crippen molar-refractivity contribution in [2.24, 2.45) is 17.3 Å². The summed E-state index contributed by atoms with van der Waals surface area (Å²) in [5, 5.41) is 8.98. The Morgan fingerprint density at radius 2 is 2.33 bits per heavy atom. The van der Waals surface area contributed by atoms with E-state index in [1.54, 1.807) is 0 Å². The number of carboxylic acids is 1. The highest BCUT2D eigenvalue weighted by atomic mass is 16.4. The van der Waals surface area contributed by atoms with Crippen molar-refractivity contribution in [3.8, 4) is 0 Å². The largest absolute Gasteiger partial charge is 0.481 e. The third-order valence-corrected chi connectivity index (χ3v) is 3.98. The van der Waals surface area contributed by atoms with Crippen LogP contribution < -0.4 is 0 Å². The Hall–Kier alpha value is -0.530. The van der Waals surface area contributed by atoms with Gasteiger partial charge in [0.05, 0.1) is 5.92 Å². The summed E-state index contributed by atoms with van der Waals surface area (Å²) in [4.78, 5) is 10.9. The van der Waals surface area contributed by atoms with E-state index in [1.165, 1.54) is 12.8 Å². The number of fused-ring (bicyclic) bond motifs is 1. The van der Waals surface area contributed by atoms with Gasteiger partial charge in [0, 0.05) is 0 Å². The molecule has 2 rings (SSSR count). The van der Waals surface area contributed by atoms with Gasteiger partial charge in [-0.25, -0.2) is 0 Å². The summed E-state index contributed by atoms with van der Waals surface area (Å²) in [7, 11) is 0. The summed E-state index contributed by atoms with van der Waals surface area (Å²) in [5.41, 5.74) is 0.226. The summed E-state index contributed by atoms with van der Waals surface area (Å²) in [6.07, 6.45) is 5.87. The number of rotatable bonds is 2. The van der Waals surface area contributed by atoms with Gasteiger partial charge in [-0.15, -0.1) is 0 Å². The fourth-order valence-electron chi connectivity index (χ4n) is 3.27. The molecule has 0 saturated heterocycles. The van der Waals surface area contributed by atoms with Crippen LogP contribution in [0.15, 0.2) is 0 Å². The quantitative estimate of drug-likeness (QED) is 0.686. The van der Waals surface area contributed by atoms with Gasteiger partial charge in [0.2, 0.25) is 0 Å². The highest BCUT2D eigenvalue weighted by molar-refractivity contribution is 5.75. The average Bonchev–Trinajstić information content (AvgIpc) is 2.73. The molecular weight excluding hydrogens is 152 g/mol. The van der Waals surface area contributed by atoms with Crippen LogP contribution in [0.5, 0.6) is 0 Å². The summed E-state index contributed by atoms with van der Waals surface area (Å²) in [6, 6.07) is 0. The molecule has 2 aliphatic rings. The van der Waals surface area contributed by atoms with Crippen LogP contribution in [0.2, 0.25) is 0 Å². The minimum absolute atomic E-state index is 0.00463. The normalized spacial score (nSPS) is 45.1. The van der Waals surface area contributed by atoms with Gasteiger partial charge in [-0.05, 0) is 30.6 Å². The van der Waals surface area contributed by atoms with E-state index in [2.05, 4.69) is 6.92 Å². The summed E-state index contributed by atoms with van der Waals surface area (Å²) >= 11 is 0. The molecule has 0 bridgehead atoms. The fourth-order valence-corrected chi connectivity index (χ4v) is 3.27. The van der Waals surface area contributed by atoms with E-state index >= 15 is 0 Å². The molecule has 0 heterocycles. The molecule has 3 atom stereocenters. The maximum Gasteiger partial charge on any atom is 0.307 e. The van der Waals surface area contributed by atoms with Crippen molar-refractivity contribution in [2.75, 3.05) is 0 Å². The van der Waals surface area contributed by atoms with Gasteiger partial charge in [-0.3, -0.25) is 4.79 Å². The lowest BCUT2D eigenvalue weighted by atomic mass is 9.86. The van der Waals surface area contributed by atoms with E-state index in [4.69, 9.17) is 5.11 Å². The molecule has 1 N–H and O–H groups in total. The van der Waals surface area contributed by atoms with E-state index in [9.17, 15) is 4.79 Å². The van der Waals surface area contributed by atoms with Crippen LogP contribution in [0.25, 0.3) is 0 Å². The van der Waals surface area contributed by atoms with E-state index < -0.39 is 5.97 Å². The van der Waals surface area contributed by atoms with Gasteiger partial charge >= 0.3 is 5.97 Å². The van der Waals surface area contributed by atoms with Crippen molar-refractivity contribution in [1.82, 2.24) is 0 Å². The number of hydrogen-bond acceptors (Lipinski definition) is 1. The van der Waals surface area contributed by atoms with E-state index in [0.717, 1.165) is 19.3 Å². The molecule has 12 heavy (non-hydrogen) atoms. The molecule has 2 fully saturated rings. The van der Waals surface area contributed by atoms with E-state index in [1.807, 2.05) is 0 Å². The standard InChI is InChI=1S/C10H16O2/c1-2-10-6-4-3-5-7(10)8(10)9(11)12/h7-8H,2-6H2,1H3,(H,11,12)/t7-,8?,10+/m1/s1. The first kappa shape index (κ1) is 8.09. The number of carbonyl (C=O) groups is 1. The topological polar surface area (TPSA) is 37.3 Å². The first-order chi connectivity index (χ1) is 5.72. The zero-order valence-electron chi connectivity index (χ0n) is 7.55. The number of aliphatic carboxylic acids is 1. The summed E-state index contributed by atoms with van der Waals surface area (Å²) in [6.45, 7) is 2.14. The zero-order chi connectivity index (χ0) is 8.77. The fraction of sp³-hybridized carbons (Fsp3) is 0.900. The van der Waals surface area contributed by atoms with Crippen LogP contribution >= 0.6 is 0 Å². The molecule has 0 amide bonds. The van der Waals surface area contributed by atoms with Crippen molar-refractivity contribution in [3.05, 3.63) is 0 Å². The molecule has 0 aromatic rings. The second kappa shape index (κ2) is 2.48. The molecule has 0 radical (unpaired) electrons. The minimum atomic E-state index is -0.552. The van der Waals surface area contributed by atoms with Crippen LogP contribution in [-0.2, 0) is 4.79 Å². The molecule has 0 aromatic carbocycles. The lowest BCUT2D eigenvalue weighted by Gasteiger charge is -2.19. The molecule has 2 saturated carbocycles. The second-order valence-corrected chi connectivity index (χ2v) is 4.25. The van der Waals surface area contributed by atoms with Gasteiger partial charge in [0.1, 0.15) is 0 Å². The molecule has 0 spiro atoms. The Kier molecular flexibility index (Phi) is 1.67. The number of hydrogen-bond donors (Lipinski definition) is 1. The molecule has 1 unspecified atom stereocenters. The van der Waals surface area contributed by atoms with Crippen molar-refractivity contribution < 1.29 is 9.90 Å². The molecule has 2 aliphatic carbocycles. The van der Waals surface area contributed by atoms with Gasteiger partial charge in [0.15, 0.2) is 0 Å². The SMILES string of the molecule is CC[C@]12CCCC[C@@H]1C2C(=O)O. The monoisotopic (exact) mass is 168 g/mol. The molecule has 0 aliphatic heterocycles. The Morgan fingerprint density at radius 1 is 1.58 bits per heavy atom. The van der Waals surface area contributed by atoms with Crippen LogP contribution in [0, 0.1) is 17.3 Å². The summed E-state index contributed by atoms with van der Waals surface area (Å²) < 4.78 is 0. The Morgan fingerprint density at radius 3 is 2.83 bits per heavy atom. The van der Waals surface area contributed by atoms with Gasteiger partial charge < -0.3 is 5.11 Å². The van der Waals surface area contributed by atoms with Gasteiger partial charge in [0.25, 0.3) is 0 Å². The lowest BCUT2D eigenvalue weighted by Crippen LogP contribution is -2.11. The molecule has 2 heteroatoms. The van der Waals surface area contributed by atoms with Crippen LogP contribution in [0.1, 0.15) is 39.0 Å². The highest BCUT2D eigenvalue weighted by Gasteiger charge is 2.66. The predicted molar refractivity (Wildman–Crippen MR) is 45.8 cm³/mol. The third-order valence-electron chi connectivity index (χ3n) is 3.98. The van der Waals surface area contributed by atoms with Crippen molar-refractivity contribution in [1.29, 1.82) is 0 Å². The molecule has 2 nitrogen and oxygen atoms in total. The van der Waals surface area contributed by atoms with Crippen LogP contribution in [-0.4, -0.2) is 11.1 Å². The van der Waals surface area contributed by atoms with Gasteiger partial charge in [-0.1, -0.05) is 19.8 Å². The molecule has 0 aromatic heterocycles. The lowest BCUT2D eigenvalue weighted by molar-refractivity contribution is -0.139. The Balaban J connectivity index is 2.15. The molecular formula is C10H16O2. The Labute approximate surface area is 73.0 Å². The summed E-state index contributed by atoms with van der Waals surface area (Å²) in [5.74, 6) is -0.0255.